The number of fused-ring (bicyclic) bond motifs is 1. The van der Waals surface area contributed by atoms with E-state index in [0.717, 1.165) is 25.0 Å². The van der Waals surface area contributed by atoms with Gasteiger partial charge in [0, 0.05) is 19.5 Å². The fourth-order valence-electron chi connectivity index (χ4n) is 4.52. The van der Waals surface area contributed by atoms with Gasteiger partial charge in [-0.15, -0.1) is 0 Å². The Morgan fingerprint density at radius 2 is 1.23 bits per heavy atom. The summed E-state index contributed by atoms with van der Waals surface area (Å²) in [5.41, 5.74) is 2.44. The Balaban J connectivity index is 1.52. The predicted octanol–water partition coefficient (Wildman–Crippen LogP) is 8.01. The molecule has 0 bridgehead atoms. The van der Waals surface area contributed by atoms with Crippen molar-refractivity contribution in [3.05, 3.63) is 30.1 Å². The first-order valence-electron chi connectivity index (χ1n) is 13.3. The van der Waals surface area contributed by atoms with Gasteiger partial charge in [0.25, 0.3) is 0 Å². The van der Waals surface area contributed by atoms with E-state index in [1.165, 1.54) is 108 Å². The van der Waals surface area contributed by atoms with Crippen LogP contribution in [0.5, 0.6) is 0 Å². The van der Waals surface area contributed by atoms with E-state index < -0.39 is 0 Å². The molecular weight excluding hydrogens is 378 g/mol. The number of para-hydroxylation sites is 2. The number of aromatic nitrogens is 2. The molecule has 0 aliphatic carbocycles. The van der Waals surface area contributed by atoms with Gasteiger partial charge >= 0.3 is 0 Å². The highest BCUT2D eigenvalue weighted by atomic mass is 15.1. The van der Waals surface area contributed by atoms with Crippen LogP contribution in [0.3, 0.4) is 0 Å². The number of hydrogen-bond acceptors (Lipinski definition) is 2. The van der Waals surface area contributed by atoms with Crippen LogP contribution in [0.25, 0.3) is 11.0 Å². The Morgan fingerprint density at radius 1 is 0.710 bits per heavy atom. The third-order valence-electron chi connectivity index (χ3n) is 6.51. The van der Waals surface area contributed by atoms with Crippen molar-refractivity contribution < 1.29 is 0 Å². The monoisotopic (exact) mass is 427 g/mol. The Hall–Kier alpha value is -1.35. The second kappa shape index (κ2) is 16.3. The van der Waals surface area contributed by atoms with Crippen LogP contribution in [-0.4, -0.2) is 35.1 Å². The van der Waals surface area contributed by atoms with Crippen molar-refractivity contribution >= 4 is 11.0 Å². The second-order valence-electron chi connectivity index (χ2n) is 9.67. The number of benzene rings is 1. The smallest absolute Gasteiger partial charge is 0.109 e. The molecule has 0 aliphatic rings. The van der Waals surface area contributed by atoms with Crippen LogP contribution in [0.4, 0.5) is 0 Å². The van der Waals surface area contributed by atoms with Crippen LogP contribution in [0.1, 0.15) is 109 Å². The van der Waals surface area contributed by atoms with Gasteiger partial charge in [0.2, 0.25) is 0 Å². The Kier molecular flexibility index (Phi) is 13.6. The average Bonchev–Trinajstić information content (AvgIpc) is 3.12. The lowest BCUT2D eigenvalue weighted by Gasteiger charge is -2.13. The maximum Gasteiger partial charge on any atom is 0.109 e. The summed E-state index contributed by atoms with van der Waals surface area (Å²) >= 11 is 0. The van der Waals surface area contributed by atoms with Gasteiger partial charge in [0.1, 0.15) is 5.82 Å². The lowest BCUT2D eigenvalue weighted by Crippen LogP contribution is -2.19. The normalized spacial score (nSPS) is 11.7. The van der Waals surface area contributed by atoms with Crippen LogP contribution in [0.15, 0.2) is 24.3 Å². The molecule has 31 heavy (non-hydrogen) atoms. The molecular formula is C28H49N3. The van der Waals surface area contributed by atoms with Gasteiger partial charge < -0.3 is 9.47 Å². The topological polar surface area (TPSA) is 21.1 Å². The van der Waals surface area contributed by atoms with E-state index in [0.29, 0.717) is 0 Å². The van der Waals surface area contributed by atoms with E-state index >= 15 is 0 Å². The van der Waals surface area contributed by atoms with Gasteiger partial charge in [-0.3, -0.25) is 0 Å². The summed E-state index contributed by atoms with van der Waals surface area (Å²) in [6.45, 7) is 4.39. The summed E-state index contributed by atoms with van der Waals surface area (Å²) in [6, 6.07) is 8.60. The van der Waals surface area contributed by atoms with Crippen LogP contribution in [0, 0.1) is 0 Å². The summed E-state index contributed by atoms with van der Waals surface area (Å²) < 4.78 is 2.44. The van der Waals surface area contributed by atoms with Gasteiger partial charge in [0.05, 0.1) is 11.0 Å². The first kappa shape index (κ1) is 25.9. The zero-order chi connectivity index (χ0) is 22.2. The van der Waals surface area contributed by atoms with Crippen LogP contribution >= 0.6 is 0 Å². The minimum atomic E-state index is 1.03. The summed E-state index contributed by atoms with van der Waals surface area (Å²) in [4.78, 5) is 7.19. The molecule has 0 spiro atoms. The molecule has 0 fully saturated rings. The number of hydrogen-bond donors (Lipinski definition) is 0. The van der Waals surface area contributed by atoms with Crippen molar-refractivity contribution in [1.82, 2.24) is 14.5 Å². The standard InChI is InChI=1S/C28H49N3/c1-4-5-6-7-8-9-10-11-12-13-14-15-16-17-18-23-28-29-26-21-19-20-22-27(26)31(28)25-24-30(2)3/h19-22H,4-18,23-25H2,1-3H3. The lowest BCUT2D eigenvalue weighted by molar-refractivity contribution is 0.383. The molecule has 1 aromatic heterocycles. The fraction of sp³-hybridized carbons (Fsp3) is 0.750. The summed E-state index contributed by atoms with van der Waals surface area (Å²) in [5.74, 6) is 1.28. The van der Waals surface area contributed by atoms with Crippen molar-refractivity contribution in [2.24, 2.45) is 0 Å². The van der Waals surface area contributed by atoms with E-state index in [4.69, 9.17) is 4.98 Å². The number of likely N-dealkylation sites (N-methyl/N-ethyl adjacent to an activating group) is 1. The minimum absolute atomic E-state index is 1.03. The Morgan fingerprint density at radius 3 is 1.77 bits per heavy atom. The van der Waals surface area contributed by atoms with Gasteiger partial charge in [0.15, 0.2) is 0 Å². The molecule has 2 aromatic rings. The first-order valence-corrected chi connectivity index (χ1v) is 13.3. The molecule has 176 valence electrons. The van der Waals surface area contributed by atoms with Crippen molar-refractivity contribution in [3.8, 4) is 0 Å². The largest absolute Gasteiger partial charge is 0.327 e. The zero-order valence-corrected chi connectivity index (χ0v) is 20.9. The molecule has 0 N–H and O–H groups in total. The highest BCUT2D eigenvalue weighted by molar-refractivity contribution is 5.75. The first-order chi connectivity index (χ1) is 15.2. The minimum Gasteiger partial charge on any atom is -0.327 e. The van der Waals surface area contributed by atoms with Crippen molar-refractivity contribution in [2.45, 2.75) is 116 Å². The molecule has 1 heterocycles. The van der Waals surface area contributed by atoms with Gasteiger partial charge in [-0.05, 0) is 32.6 Å². The van der Waals surface area contributed by atoms with Crippen molar-refractivity contribution in [1.29, 1.82) is 0 Å². The molecule has 0 saturated heterocycles. The van der Waals surface area contributed by atoms with Crippen LogP contribution < -0.4 is 0 Å². The highest BCUT2D eigenvalue weighted by Crippen LogP contribution is 2.19. The Bertz CT molecular complexity index is 689. The molecule has 3 nitrogen and oxygen atoms in total. The Labute approximate surface area is 192 Å². The van der Waals surface area contributed by atoms with Gasteiger partial charge in [-0.1, -0.05) is 109 Å². The predicted molar refractivity (Wildman–Crippen MR) is 137 cm³/mol. The van der Waals surface area contributed by atoms with E-state index in [-0.39, 0.29) is 0 Å². The number of rotatable bonds is 19. The van der Waals surface area contributed by atoms with E-state index in [9.17, 15) is 0 Å². The fourth-order valence-corrected chi connectivity index (χ4v) is 4.52. The van der Waals surface area contributed by atoms with Gasteiger partial charge in [-0.2, -0.15) is 0 Å². The molecule has 1 aromatic carbocycles. The zero-order valence-electron chi connectivity index (χ0n) is 20.9. The quantitative estimate of drug-likeness (QED) is 0.212. The molecule has 0 atom stereocenters. The molecule has 0 amide bonds. The van der Waals surface area contributed by atoms with Crippen LogP contribution in [-0.2, 0) is 13.0 Å². The average molecular weight is 428 g/mol. The number of aryl methyl sites for hydroxylation is 1. The summed E-state index contributed by atoms with van der Waals surface area (Å²) in [5, 5.41) is 0. The molecule has 0 radical (unpaired) electrons. The number of nitrogens with zero attached hydrogens (tertiary/aromatic N) is 3. The summed E-state index contributed by atoms with van der Waals surface area (Å²) in [7, 11) is 4.29. The lowest BCUT2D eigenvalue weighted by atomic mass is 10.0. The molecule has 0 saturated carbocycles. The second-order valence-corrected chi connectivity index (χ2v) is 9.67. The molecule has 0 unspecified atom stereocenters. The molecule has 2 rings (SSSR count). The number of unbranched alkanes of at least 4 members (excludes halogenated alkanes) is 14. The third kappa shape index (κ3) is 10.7. The third-order valence-corrected chi connectivity index (χ3v) is 6.51. The van der Waals surface area contributed by atoms with E-state index in [2.05, 4.69) is 54.8 Å². The van der Waals surface area contributed by atoms with Crippen molar-refractivity contribution in [2.75, 3.05) is 20.6 Å². The highest BCUT2D eigenvalue weighted by Gasteiger charge is 2.10. The van der Waals surface area contributed by atoms with Gasteiger partial charge in [-0.25, -0.2) is 4.98 Å². The summed E-state index contributed by atoms with van der Waals surface area (Å²) in [6.07, 6.45) is 22.4. The molecule has 3 heteroatoms. The van der Waals surface area contributed by atoms with E-state index in [1.807, 2.05) is 0 Å². The number of imidazole rings is 1. The van der Waals surface area contributed by atoms with Crippen LogP contribution in [0.2, 0.25) is 0 Å². The van der Waals surface area contributed by atoms with E-state index in [1.54, 1.807) is 0 Å². The maximum atomic E-state index is 4.94. The SMILES string of the molecule is CCCCCCCCCCCCCCCCCc1nc2ccccc2n1CCN(C)C. The molecule has 0 aliphatic heterocycles. The maximum absolute atomic E-state index is 4.94. The van der Waals surface area contributed by atoms with Crippen molar-refractivity contribution in [3.63, 3.8) is 0 Å².